The van der Waals surface area contributed by atoms with Crippen molar-refractivity contribution in [2.45, 2.75) is 80.8 Å². The van der Waals surface area contributed by atoms with Gasteiger partial charge in [-0.1, -0.05) is 48.5 Å². The van der Waals surface area contributed by atoms with Crippen LogP contribution in [-0.4, -0.2) is 111 Å². The van der Waals surface area contributed by atoms with Gasteiger partial charge in [0, 0.05) is 153 Å². The van der Waals surface area contributed by atoms with Crippen LogP contribution in [0.1, 0.15) is 96.7 Å². The van der Waals surface area contributed by atoms with E-state index >= 15 is 0 Å². The molecule has 2 unspecified atom stereocenters. The molecule has 15 aromatic rings. The summed E-state index contributed by atoms with van der Waals surface area (Å²) in [4.78, 5) is 4.22. The van der Waals surface area contributed by atoms with Crippen LogP contribution in [0.15, 0.2) is 201 Å². The number of H-pyrrole nitrogens is 3. The number of alkyl halides is 6. The fourth-order valence-electron chi connectivity index (χ4n) is 15.4. The Bertz CT molecular complexity index is 5360. The summed E-state index contributed by atoms with van der Waals surface area (Å²) in [5.74, 6) is -0.366. The number of benzene rings is 8. The molecule has 18 rings (SSSR count). The average Bonchev–Trinajstić information content (AvgIpc) is 1.59. The number of halogens is 9. The maximum absolute atomic E-state index is 13.9. The molecule has 0 radical (unpaired) electrons. The first kappa shape index (κ1) is 68.5. The molecule has 10 heterocycles. The van der Waals surface area contributed by atoms with E-state index in [1.54, 1.807) is 60.9 Å². The molecule has 24 heteroatoms. The van der Waals surface area contributed by atoms with Crippen molar-refractivity contribution in [2.24, 2.45) is 0 Å². The monoisotopic (exact) mass is 1430 g/mol. The highest BCUT2D eigenvalue weighted by molar-refractivity contribution is 6.08. The van der Waals surface area contributed by atoms with Crippen molar-refractivity contribution in [2.75, 3.05) is 39.6 Å². The van der Waals surface area contributed by atoms with Gasteiger partial charge in [0.05, 0.1) is 51.7 Å². The highest BCUT2D eigenvalue weighted by Crippen LogP contribution is 2.49. The molecule has 105 heavy (non-hydrogen) atoms. The number of aromatic amines is 3. The van der Waals surface area contributed by atoms with E-state index in [2.05, 4.69) is 73.5 Å². The van der Waals surface area contributed by atoms with Gasteiger partial charge in [-0.3, -0.25) is 20.3 Å². The number of aliphatic hydroxyl groups is 2. The van der Waals surface area contributed by atoms with Gasteiger partial charge in [0.15, 0.2) is 12.2 Å². The molecule has 7 aromatic heterocycles. The number of pyridine rings is 1. The van der Waals surface area contributed by atoms with E-state index in [0.29, 0.717) is 32.3 Å². The first-order valence-electron chi connectivity index (χ1n) is 34.6. The maximum atomic E-state index is 13.9. The summed E-state index contributed by atoms with van der Waals surface area (Å²) in [6.45, 7) is 3.87. The molecule has 0 saturated carbocycles. The SMILES string of the molecule is Fc1ccc(-n2c(C3CCOCC3)c(-c3ccncc3)c3cc4[nH]ncc4cc32)cc1.OC(c1ccc(-c2c(C3CCOCC3)n(-c3ccc(F)cc3)c3cc4cn[nH]c4cc23)cc1)C(F)(F)F.OC(c1ccc(-c2c(C3CCOCC3)n(-c3ccc(F)cc3)c3cc4cn[nH]c4cc23)cc1)C(F)(F)F. The molecule has 8 aromatic carbocycles. The summed E-state index contributed by atoms with van der Waals surface area (Å²) >= 11 is 0. The minimum atomic E-state index is -4.75. The molecule has 2 atom stereocenters. The highest BCUT2D eigenvalue weighted by Gasteiger charge is 2.41. The van der Waals surface area contributed by atoms with Crippen molar-refractivity contribution in [3.05, 3.63) is 247 Å². The number of hydrogen-bond acceptors (Lipinski definition) is 9. The lowest BCUT2D eigenvalue weighted by Gasteiger charge is -2.26. The summed E-state index contributed by atoms with van der Waals surface area (Å²) in [6.07, 6.45) is -0.635. The van der Waals surface area contributed by atoms with Gasteiger partial charge < -0.3 is 38.1 Å². The summed E-state index contributed by atoms with van der Waals surface area (Å²) in [7, 11) is 0. The lowest BCUT2D eigenvalue weighted by atomic mass is 9.89. The fourth-order valence-corrected chi connectivity index (χ4v) is 15.4. The minimum absolute atomic E-state index is 0.109. The Balaban J connectivity index is 0.000000122. The molecular formula is C81H67F9N10O5. The summed E-state index contributed by atoms with van der Waals surface area (Å²) < 4.78 is 144. The lowest BCUT2D eigenvalue weighted by molar-refractivity contribution is -0.207. The molecule has 534 valence electrons. The maximum Gasteiger partial charge on any atom is 0.418 e. The predicted molar refractivity (Wildman–Crippen MR) is 383 cm³/mol. The van der Waals surface area contributed by atoms with Crippen LogP contribution in [-0.2, 0) is 14.2 Å². The van der Waals surface area contributed by atoms with Gasteiger partial charge in [0.2, 0.25) is 0 Å². The van der Waals surface area contributed by atoms with Crippen LogP contribution in [0.3, 0.4) is 0 Å². The van der Waals surface area contributed by atoms with Crippen molar-refractivity contribution in [3.8, 4) is 50.4 Å². The number of nitrogens with zero attached hydrogens (tertiary/aromatic N) is 7. The van der Waals surface area contributed by atoms with Gasteiger partial charge in [-0.05, 0) is 188 Å². The molecule has 0 spiro atoms. The largest absolute Gasteiger partial charge is 0.418 e. The second-order valence-corrected chi connectivity index (χ2v) is 26.7. The van der Waals surface area contributed by atoms with E-state index in [1.165, 1.54) is 71.9 Å². The molecule has 15 nitrogen and oxygen atoms in total. The molecule has 0 aliphatic carbocycles. The van der Waals surface area contributed by atoms with Crippen LogP contribution < -0.4 is 0 Å². The van der Waals surface area contributed by atoms with Crippen LogP contribution in [0.25, 0.3) is 116 Å². The Hall–Kier alpha value is -10.9. The fraction of sp³-hybridized carbons (Fsp3) is 0.235. The molecule has 3 aliphatic heterocycles. The number of ether oxygens (including phenoxy) is 3. The van der Waals surface area contributed by atoms with Crippen molar-refractivity contribution >= 4 is 65.4 Å². The molecule has 0 amide bonds. The number of fused-ring (bicyclic) bond motifs is 6. The van der Waals surface area contributed by atoms with Gasteiger partial charge in [0.25, 0.3) is 0 Å². The quantitative estimate of drug-likeness (QED) is 0.0787. The van der Waals surface area contributed by atoms with Crippen molar-refractivity contribution < 1.29 is 63.9 Å². The number of aliphatic hydroxyl groups excluding tert-OH is 2. The average molecular weight is 1430 g/mol. The van der Waals surface area contributed by atoms with Gasteiger partial charge >= 0.3 is 12.4 Å². The third kappa shape index (κ3) is 13.3. The lowest BCUT2D eigenvalue weighted by Crippen LogP contribution is -2.20. The smallest absolute Gasteiger partial charge is 0.381 e. The third-order valence-electron chi connectivity index (χ3n) is 20.4. The van der Waals surface area contributed by atoms with Gasteiger partial charge in [-0.25, -0.2) is 13.2 Å². The van der Waals surface area contributed by atoms with E-state index in [9.17, 15) is 49.7 Å². The van der Waals surface area contributed by atoms with Gasteiger partial charge in [-0.15, -0.1) is 0 Å². The summed E-state index contributed by atoms with van der Waals surface area (Å²) in [5, 5.41) is 46.9. The third-order valence-corrected chi connectivity index (χ3v) is 20.4. The molecule has 3 saturated heterocycles. The summed E-state index contributed by atoms with van der Waals surface area (Å²) in [5.41, 5.74) is 16.4. The van der Waals surface area contributed by atoms with E-state index < -0.39 is 24.6 Å². The van der Waals surface area contributed by atoms with Crippen LogP contribution in [0.4, 0.5) is 39.5 Å². The molecule has 3 aliphatic rings. The zero-order chi connectivity index (χ0) is 72.3. The Labute approximate surface area is 593 Å². The number of aromatic nitrogens is 10. The Morgan fingerprint density at radius 3 is 0.924 bits per heavy atom. The Morgan fingerprint density at radius 1 is 0.371 bits per heavy atom. The zero-order valence-electron chi connectivity index (χ0n) is 56.1. The van der Waals surface area contributed by atoms with Crippen molar-refractivity contribution in [3.63, 3.8) is 0 Å². The highest BCUT2D eigenvalue weighted by atomic mass is 19.4. The summed E-state index contributed by atoms with van der Waals surface area (Å²) in [6, 6.07) is 47.6. The second-order valence-electron chi connectivity index (χ2n) is 26.7. The van der Waals surface area contributed by atoms with Crippen molar-refractivity contribution in [1.82, 2.24) is 49.3 Å². The van der Waals surface area contributed by atoms with E-state index in [0.717, 1.165) is 173 Å². The normalized spacial score (nSPS) is 15.8. The van der Waals surface area contributed by atoms with Crippen molar-refractivity contribution in [1.29, 1.82) is 0 Å². The van der Waals surface area contributed by atoms with Gasteiger partial charge in [-0.2, -0.15) is 41.6 Å². The first-order chi connectivity index (χ1) is 50.9. The van der Waals surface area contributed by atoms with Crippen LogP contribution in [0.5, 0.6) is 0 Å². The molecule has 0 bridgehead atoms. The van der Waals surface area contributed by atoms with E-state index in [4.69, 9.17) is 14.2 Å². The van der Waals surface area contributed by atoms with Gasteiger partial charge in [0.1, 0.15) is 17.5 Å². The Morgan fingerprint density at radius 2 is 0.648 bits per heavy atom. The molecule has 5 N–H and O–H groups in total. The van der Waals surface area contributed by atoms with E-state index in [-0.39, 0.29) is 40.4 Å². The van der Waals surface area contributed by atoms with Crippen LogP contribution in [0, 0.1) is 17.5 Å². The number of rotatable bonds is 11. The zero-order valence-corrected chi connectivity index (χ0v) is 56.1. The first-order valence-corrected chi connectivity index (χ1v) is 34.6. The van der Waals surface area contributed by atoms with Crippen LogP contribution >= 0.6 is 0 Å². The predicted octanol–water partition coefficient (Wildman–Crippen LogP) is 19.2. The molecule has 3 fully saturated rings. The van der Waals surface area contributed by atoms with E-state index in [1.807, 2.05) is 55.0 Å². The number of nitrogens with one attached hydrogen (secondary N) is 3. The number of hydrogen-bond donors (Lipinski definition) is 5. The second kappa shape index (κ2) is 28.3. The minimum Gasteiger partial charge on any atom is -0.381 e. The van der Waals surface area contributed by atoms with Crippen LogP contribution in [0.2, 0.25) is 0 Å². The Kier molecular flexibility index (Phi) is 18.5. The standard InChI is InChI=1S/2C28H23F4N3O2.C25H21FN4O/c2*29-20-5-7-21(8-6-20)35-24-13-19-15-33-34-23(19)14-22(24)25(26(35)17-9-11-37-12-10-17)16-1-3-18(4-2-16)27(36)28(30,31)32;26-19-1-3-20(4-2-19)30-23-13-18-15-28-29-22(18)14-21(23)24(16-5-9-27-10-6-16)25(30)17-7-11-31-12-8-17/h2*1-8,13-15,17,27,36H,9-12H2,(H,33,34);1-6,9-10,13-15,17H,7-8,11-12H2,(H,28,29). The topological polar surface area (TPSA) is 182 Å². The molecular weight excluding hydrogens is 1360 g/mol.